The van der Waals surface area contributed by atoms with Gasteiger partial charge in [-0.15, -0.1) is 0 Å². The van der Waals surface area contributed by atoms with Crippen LogP contribution in [0.1, 0.15) is 23.3 Å². The van der Waals surface area contributed by atoms with E-state index in [1.54, 1.807) is 37.1 Å². The zero-order valence-corrected chi connectivity index (χ0v) is 12.2. The number of amides is 2. The smallest absolute Gasteiger partial charge is 0.276 e. The molecule has 1 aliphatic rings. The second-order valence-corrected chi connectivity index (χ2v) is 5.41. The molecule has 7 heteroatoms. The summed E-state index contributed by atoms with van der Waals surface area (Å²) >= 11 is 0. The molecule has 2 rings (SSSR count). The lowest BCUT2D eigenvalue weighted by Gasteiger charge is -2.32. The Kier molecular flexibility index (Phi) is 3.96. The Balaban J connectivity index is 1.99. The number of aryl methyl sites for hydroxylation is 1. The summed E-state index contributed by atoms with van der Waals surface area (Å²) in [6.07, 6.45) is 3.00. The molecular formula is C13H21N5O2. The highest BCUT2D eigenvalue weighted by molar-refractivity contribution is 5.97. The van der Waals surface area contributed by atoms with Crippen LogP contribution in [-0.2, 0) is 11.8 Å². The summed E-state index contributed by atoms with van der Waals surface area (Å²) in [7, 11) is 5.25. The molecule has 2 amide bonds. The van der Waals surface area contributed by atoms with Crippen LogP contribution in [0.15, 0.2) is 6.20 Å². The van der Waals surface area contributed by atoms with E-state index < -0.39 is 0 Å². The number of hydrogen-bond donors (Lipinski definition) is 1. The maximum Gasteiger partial charge on any atom is 0.276 e. The second kappa shape index (κ2) is 5.52. The molecule has 0 spiro atoms. The van der Waals surface area contributed by atoms with Crippen LogP contribution >= 0.6 is 0 Å². The van der Waals surface area contributed by atoms with E-state index >= 15 is 0 Å². The topological polar surface area (TPSA) is 84.5 Å². The van der Waals surface area contributed by atoms with Gasteiger partial charge in [-0.1, -0.05) is 0 Å². The maximum atomic E-state index is 12.3. The zero-order chi connectivity index (χ0) is 14.9. The van der Waals surface area contributed by atoms with Crippen molar-refractivity contribution in [2.45, 2.75) is 12.8 Å². The molecule has 0 radical (unpaired) electrons. The summed E-state index contributed by atoms with van der Waals surface area (Å²) in [4.78, 5) is 27.5. The van der Waals surface area contributed by atoms with Gasteiger partial charge in [0.15, 0.2) is 5.69 Å². The summed E-state index contributed by atoms with van der Waals surface area (Å²) in [5.41, 5.74) is 6.46. The molecule has 0 atom stereocenters. The Morgan fingerprint density at radius 2 is 1.95 bits per heavy atom. The molecule has 1 saturated heterocycles. The lowest BCUT2D eigenvalue weighted by atomic mass is 9.95. The lowest BCUT2D eigenvalue weighted by Crippen LogP contribution is -2.43. The minimum Gasteiger partial charge on any atom is -0.396 e. The van der Waals surface area contributed by atoms with Crippen molar-refractivity contribution < 1.29 is 9.59 Å². The first-order valence-electron chi connectivity index (χ1n) is 6.69. The van der Waals surface area contributed by atoms with Gasteiger partial charge in [0.1, 0.15) is 0 Å². The molecule has 1 aliphatic heterocycles. The Morgan fingerprint density at radius 1 is 1.35 bits per heavy atom. The van der Waals surface area contributed by atoms with E-state index in [0.29, 0.717) is 37.3 Å². The third kappa shape index (κ3) is 2.76. The van der Waals surface area contributed by atoms with Crippen LogP contribution in [0.3, 0.4) is 0 Å². The van der Waals surface area contributed by atoms with Crippen molar-refractivity contribution in [3.05, 3.63) is 11.9 Å². The van der Waals surface area contributed by atoms with E-state index in [9.17, 15) is 9.59 Å². The molecule has 0 bridgehead atoms. The van der Waals surface area contributed by atoms with Crippen LogP contribution in [0.25, 0.3) is 0 Å². The second-order valence-electron chi connectivity index (χ2n) is 5.41. The van der Waals surface area contributed by atoms with Crippen LogP contribution in [0.5, 0.6) is 0 Å². The third-order valence-corrected chi connectivity index (χ3v) is 3.63. The molecular weight excluding hydrogens is 258 g/mol. The molecule has 7 nitrogen and oxygen atoms in total. The van der Waals surface area contributed by atoms with E-state index in [4.69, 9.17) is 5.73 Å². The molecule has 0 unspecified atom stereocenters. The van der Waals surface area contributed by atoms with Gasteiger partial charge in [0, 0.05) is 46.3 Å². The van der Waals surface area contributed by atoms with Crippen LogP contribution in [0.2, 0.25) is 0 Å². The molecule has 1 fully saturated rings. The maximum absolute atomic E-state index is 12.3. The fourth-order valence-corrected chi connectivity index (χ4v) is 2.52. The van der Waals surface area contributed by atoms with Crippen molar-refractivity contribution in [2.75, 3.05) is 32.9 Å². The fraction of sp³-hybridized carbons (Fsp3) is 0.615. The van der Waals surface area contributed by atoms with Crippen molar-refractivity contribution in [1.82, 2.24) is 19.6 Å². The SMILES string of the molecule is CN(C)C(=O)C1CCN(C(=O)c2nn(C)cc2N)CC1. The molecule has 2 N–H and O–H groups in total. The Morgan fingerprint density at radius 3 is 2.40 bits per heavy atom. The van der Waals surface area contributed by atoms with Crippen LogP contribution < -0.4 is 5.73 Å². The van der Waals surface area contributed by atoms with Crippen LogP contribution in [0, 0.1) is 5.92 Å². The molecule has 110 valence electrons. The van der Waals surface area contributed by atoms with Crippen LogP contribution in [-0.4, -0.2) is 58.6 Å². The van der Waals surface area contributed by atoms with E-state index in [-0.39, 0.29) is 17.7 Å². The number of likely N-dealkylation sites (tertiary alicyclic amines) is 1. The summed E-state index contributed by atoms with van der Waals surface area (Å²) in [6, 6.07) is 0. The van der Waals surface area contributed by atoms with Crippen molar-refractivity contribution in [3.8, 4) is 0 Å². The fourth-order valence-electron chi connectivity index (χ4n) is 2.52. The summed E-state index contributed by atoms with van der Waals surface area (Å²) < 4.78 is 1.53. The van der Waals surface area contributed by atoms with Gasteiger partial charge in [-0.3, -0.25) is 14.3 Å². The minimum absolute atomic E-state index is 0.00938. The van der Waals surface area contributed by atoms with Gasteiger partial charge < -0.3 is 15.5 Å². The Hall–Kier alpha value is -2.05. The van der Waals surface area contributed by atoms with E-state index in [2.05, 4.69) is 5.10 Å². The molecule has 1 aromatic heterocycles. The predicted octanol–water partition coefficient (Wildman–Crippen LogP) is -0.0573. The first-order valence-corrected chi connectivity index (χ1v) is 6.69. The zero-order valence-electron chi connectivity index (χ0n) is 12.2. The quantitative estimate of drug-likeness (QED) is 0.822. The molecule has 0 aromatic carbocycles. The number of anilines is 1. The number of nitrogens with zero attached hydrogens (tertiary/aromatic N) is 4. The normalized spacial score (nSPS) is 16.2. The first kappa shape index (κ1) is 14.4. The van der Waals surface area contributed by atoms with Crippen molar-refractivity contribution >= 4 is 17.5 Å². The highest BCUT2D eigenvalue weighted by Gasteiger charge is 2.30. The first-order chi connectivity index (χ1) is 9.40. The number of nitrogen functional groups attached to an aromatic ring is 1. The monoisotopic (exact) mass is 279 g/mol. The van der Waals surface area contributed by atoms with Gasteiger partial charge in [-0.2, -0.15) is 5.10 Å². The molecule has 0 aliphatic carbocycles. The van der Waals surface area contributed by atoms with Gasteiger partial charge in [-0.25, -0.2) is 0 Å². The summed E-state index contributed by atoms with van der Waals surface area (Å²) in [6.45, 7) is 1.14. The highest BCUT2D eigenvalue weighted by atomic mass is 16.2. The third-order valence-electron chi connectivity index (χ3n) is 3.63. The largest absolute Gasteiger partial charge is 0.396 e. The number of carbonyl (C=O) groups is 2. The molecule has 1 aromatic rings. The number of piperidine rings is 1. The van der Waals surface area contributed by atoms with E-state index in [1.165, 1.54) is 4.68 Å². The number of nitrogens with two attached hydrogens (primary N) is 1. The van der Waals surface area contributed by atoms with Crippen molar-refractivity contribution in [3.63, 3.8) is 0 Å². The van der Waals surface area contributed by atoms with E-state index in [1.807, 2.05) is 0 Å². The van der Waals surface area contributed by atoms with E-state index in [0.717, 1.165) is 0 Å². The minimum atomic E-state index is -0.154. The molecule has 2 heterocycles. The average Bonchev–Trinajstić information content (AvgIpc) is 2.76. The predicted molar refractivity (Wildman–Crippen MR) is 74.9 cm³/mol. The Bertz CT molecular complexity index is 515. The van der Waals surface area contributed by atoms with Gasteiger partial charge >= 0.3 is 0 Å². The number of rotatable bonds is 2. The van der Waals surface area contributed by atoms with Gasteiger partial charge in [0.2, 0.25) is 5.91 Å². The average molecular weight is 279 g/mol. The summed E-state index contributed by atoms with van der Waals surface area (Å²) in [5.74, 6) is -0.0107. The molecule has 0 saturated carbocycles. The van der Waals surface area contributed by atoms with Gasteiger partial charge in [0.25, 0.3) is 5.91 Å². The standard InChI is InChI=1S/C13H21N5O2/c1-16(2)12(19)9-4-6-18(7-5-9)13(20)11-10(14)8-17(3)15-11/h8-9H,4-7,14H2,1-3H3. The van der Waals surface area contributed by atoms with Crippen LogP contribution in [0.4, 0.5) is 5.69 Å². The molecule has 20 heavy (non-hydrogen) atoms. The number of hydrogen-bond acceptors (Lipinski definition) is 4. The van der Waals surface area contributed by atoms with Crippen molar-refractivity contribution in [1.29, 1.82) is 0 Å². The number of aromatic nitrogens is 2. The highest BCUT2D eigenvalue weighted by Crippen LogP contribution is 2.21. The number of carbonyl (C=O) groups excluding carboxylic acids is 2. The van der Waals surface area contributed by atoms with Gasteiger partial charge in [0.05, 0.1) is 5.69 Å². The summed E-state index contributed by atoms with van der Waals surface area (Å²) in [5, 5.41) is 4.09. The van der Waals surface area contributed by atoms with Gasteiger partial charge in [-0.05, 0) is 12.8 Å². The van der Waals surface area contributed by atoms with Crippen molar-refractivity contribution in [2.24, 2.45) is 13.0 Å². The lowest BCUT2D eigenvalue weighted by molar-refractivity contribution is -0.134. The Labute approximate surface area is 118 Å².